The van der Waals surface area contributed by atoms with Crippen LogP contribution in [-0.4, -0.2) is 44.8 Å². The van der Waals surface area contributed by atoms with E-state index in [1.165, 1.54) is 4.90 Å². The summed E-state index contributed by atoms with van der Waals surface area (Å²) in [6.45, 7) is 4.98. The van der Waals surface area contributed by atoms with Gasteiger partial charge in [-0.05, 0) is 43.7 Å². The van der Waals surface area contributed by atoms with Crippen LogP contribution in [0.1, 0.15) is 58.9 Å². The van der Waals surface area contributed by atoms with Crippen LogP contribution in [0.15, 0.2) is 59.5 Å². The third-order valence-electron chi connectivity index (χ3n) is 6.29. The summed E-state index contributed by atoms with van der Waals surface area (Å²) in [6, 6.07) is 15.7. The molecule has 0 radical (unpaired) electrons. The molecule has 0 bridgehead atoms. The smallest absolute Gasteiger partial charge is 0.261 e. The monoisotopic (exact) mass is 493 g/mol. The summed E-state index contributed by atoms with van der Waals surface area (Å²) in [5, 5.41) is 4.67. The Kier molecular flexibility index (Phi) is 7.52. The summed E-state index contributed by atoms with van der Waals surface area (Å²) in [5.41, 5.74) is 2.79. The minimum atomic E-state index is -3.60. The number of anilines is 1. The Balaban J connectivity index is 1.47. The van der Waals surface area contributed by atoms with Gasteiger partial charge >= 0.3 is 0 Å². The number of amides is 2. The Morgan fingerprint density at radius 3 is 2.26 bits per heavy atom. The highest BCUT2D eigenvalue weighted by Crippen LogP contribution is 2.34. The van der Waals surface area contributed by atoms with Gasteiger partial charge in [0, 0.05) is 47.2 Å². The summed E-state index contributed by atoms with van der Waals surface area (Å²) in [5.74, 6) is -0.514. The van der Waals surface area contributed by atoms with Crippen molar-refractivity contribution in [3.63, 3.8) is 0 Å². The highest BCUT2D eigenvalue weighted by atomic mass is 32.2. The molecule has 184 valence electrons. The van der Waals surface area contributed by atoms with Crippen LogP contribution >= 0.6 is 0 Å². The maximum absolute atomic E-state index is 13.1. The van der Waals surface area contributed by atoms with Gasteiger partial charge in [-0.1, -0.05) is 56.0 Å². The van der Waals surface area contributed by atoms with Crippen LogP contribution in [0.3, 0.4) is 0 Å². The molecule has 0 unspecified atom stereocenters. The van der Waals surface area contributed by atoms with E-state index in [-0.39, 0.29) is 23.3 Å². The maximum Gasteiger partial charge on any atom is 0.261 e. The van der Waals surface area contributed by atoms with E-state index in [0.29, 0.717) is 29.6 Å². The average molecular weight is 494 g/mol. The Hall–Kier alpha value is -3.23. The average Bonchev–Trinajstić information content (AvgIpc) is 2.85. The normalized spacial score (nSPS) is 13.5. The molecule has 1 aliphatic rings. The number of hydrogen-bond acceptors (Lipinski definition) is 5. The molecule has 7 nitrogen and oxygen atoms in total. The number of rotatable bonds is 11. The van der Waals surface area contributed by atoms with Crippen LogP contribution in [0.2, 0.25) is 0 Å². The molecular formula is C27H31N3O4S. The maximum atomic E-state index is 13.1. The Morgan fingerprint density at radius 2 is 1.54 bits per heavy atom. The van der Waals surface area contributed by atoms with Crippen molar-refractivity contribution in [3.8, 4) is 0 Å². The second kappa shape index (κ2) is 10.6. The van der Waals surface area contributed by atoms with Gasteiger partial charge in [0.2, 0.25) is 10.0 Å². The highest BCUT2D eigenvalue weighted by molar-refractivity contribution is 7.89. The molecule has 4 rings (SSSR count). The first kappa shape index (κ1) is 24.9. The Morgan fingerprint density at radius 1 is 0.829 bits per heavy atom. The lowest BCUT2D eigenvalue weighted by Crippen LogP contribution is -2.40. The molecule has 0 saturated heterocycles. The number of carbonyl (C=O) groups excluding carboxylic acids is 2. The van der Waals surface area contributed by atoms with Crippen molar-refractivity contribution in [2.24, 2.45) is 0 Å². The van der Waals surface area contributed by atoms with Crippen LogP contribution in [0.5, 0.6) is 0 Å². The molecule has 0 atom stereocenters. The highest BCUT2D eigenvalue weighted by Gasteiger charge is 2.32. The standard InChI is InChI=1S/C27H31N3O4S/c1-3-4-5-6-18-30-26(31)22-9-7-8-21-24(15-14-23(25(21)22)27(30)32)28-16-17-29-35(33,34)20-12-10-19(2)11-13-20/h7-15,28-29H,3-6,16-18H2,1-2H3. The number of aryl methyl sites for hydroxylation is 1. The van der Waals surface area contributed by atoms with Crippen molar-refractivity contribution in [1.29, 1.82) is 0 Å². The minimum absolute atomic E-state index is 0.183. The summed E-state index contributed by atoms with van der Waals surface area (Å²) >= 11 is 0. The van der Waals surface area contributed by atoms with Gasteiger partial charge < -0.3 is 5.32 Å². The van der Waals surface area contributed by atoms with Crippen LogP contribution in [0.4, 0.5) is 5.69 Å². The van der Waals surface area contributed by atoms with E-state index in [2.05, 4.69) is 17.0 Å². The second-order valence-electron chi connectivity index (χ2n) is 8.85. The molecule has 8 heteroatoms. The topological polar surface area (TPSA) is 95.6 Å². The molecule has 35 heavy (non-hydrogen) atoms. The lowest BCUT2D eigenvalue weighted by Gasteiger charge is -2.28. The zero-order valence-corrected chi connectivity index (χ0v) is 21.0. The van der Waals surface area contributed by atoms with Crippen molar-refractivity contribution < 1.29 is 18.0 Å². The lowest BCUT2D eigenvalue weighted by molar-refractivity contribution is 0.0608. The summed E-state index contributed by atoms with van der Waals surface area (Å²) in [7, 11) is -3.60. The van der Waals surface area contributed by atoms with Crippen LogP contribution < -0.4 is 10.0 Å². The van der Waals surface area contributed by atoms with Crippen molar-refractivity contribution in [3.05, 3.63) is 71.3 Å². The zero-order valence-electron chi connectivity index (χ0n) is 20.1. The summed E-state index contributed by atoms with van der Waals surface area (Å²) in [4.78, 5) is 27.8. The van der Waals surface area contributed by atoms with Gasteiger partial charge in [-0.15, -0.1) is 0 Å². The van der Waals surface area contributed by atoms with E-state index in [1.54, 1.807) is 36.4 Å². The fourth-order valence-electron chi connectivity index (χ4n) is 4.38. The van der Waals surface area contributed by atoms with Gasteiger partial charge in [0.1, 0.15) is 0 Å². The van der Waals surface area contributed by atoms with Gasteiger partial charge in [0.15, 0.2) is 0 Å². The fraction of sp³-hybridized carbons (Fsp3) is 0.333. The molecule has 2 N–H and O–H groups in total. The molecule has 1 aliphatic heterocycles. The second-order valence-corrected chi connectivity index (χ2v) is 10.6. The van der Waals surface area contributed by atoms with E-state index >= 15 is 0 Å². The van der Waals surface area contributed by atoms with Gasteiger partial charge in [0.25, 0.3) is 11.8 Å². The number of imide groups is 1. The first-order chi connectivity index (χ1) is 16.8. The third-order valence-corrected chi connectivity index (χ3v) is 7.77. The number of carbonyl (C=O) groups is 2. The van der Waals surface area contributed by atoms with Crippen molar-refractivity contribution >= 4 is 38.3 Å². The van der Waals surface area contributed by atoms with Gasteiger partial charge in [-0.25, -0.2) is 13.1 Å². The number of hydrogen-bond donors (Lipinski definition) is 2. The molecule has 3 aromatic rings. The Labute approximate surface area is 206 Å². The van der Waals surface area contributed by atoms with Crippen molar-refractivity contribution in [2.75, 3.05) is 25.0 Å². The predicted molar refractivity (Wildman–Crippen MR) is 138 cm³/mol. The number of unbranched alkanes of at least 4 members (excludes halogenated alkanes) is 3. The molecule has 0 fully saturated rings. The first-order valence-electron chi connectivity index (χ1n) is 12.1. The number of nitrogens with one attached hydrogen (secondary N) is 2. The largest absolute Gasteiger partial charge is 0.383 e. The Bertz CT molecular complexity index is 1330. The fourth-order valence-corrected chi connectivity index (χ4v) is 5.42. The summed E-state index contributed by atoms with van der Waals surface area (Å²) < 4.78 is 27.6. The molecule has 1 heterocycles. The number of benzene rings is 3. The van der Waals surface area contributed by atoms with Crippen molar-refractivity contribution in [1.82, 2.24) is 9.62 Å². The molecule has 3 aromatic carbocycles. The van der Waals surface area contributed by atoms with Gasteiger partial charge in [0.05, 0.1) is 4.90 Å². The summed E-state index contributed by atoms with van der Waals surface area (Å²) in [6.07, 6.45) is 3.96. The molecule has 2 amide bonds. The minimum Gasteiger partial charge on any atom is -0.383 e. The van der Waals surface area contributed by atoms with E-state index < -0.39 is 10.0 Å². The molecule has 0 aliphatic carbocycles. The lowest BCUT2D eigenvalue weighted by atomic mass is 9.93. The van der Waals surface area contributed by atoms with E-state index in [1.807, 2.05) is 25.1 Å². The molecular weight excluding hydrogens is 462 g/mol. The van der Waals surface area contributed by atoms with E-state index in [9.17, 15) is 18.0 Å². The molecule has 0 spiro atoms. The number of nitrogens with zero attached hydrogens (tertiary/aromatic N) is 1. The number of sulfonamides is 1. The van der Waals surface area contributed by atoms with E-state index in [0.717, 1.165) is 42.3 Å². The first-order valence-corrected chi connectivity index (χ1v) is 13.5. The van der Waals surface area contributed by atoms with Crippen LogP contribution in [0.25, 0.3) is 10.8 Å². The third kappa shape index (κ3) is 5.23. The van der Waals surface area contributed by atoms with Gasteiger partial charge in [-0.3, -0.25) is 14.5 Å². The zero-order chi connectivity index (χ0) is 25.0. The SMILES string of the molecule is CCCCCCN1C(=O)c2cccc3c(NCCNS(=O)(=O)c4ccc(C)cc4)ccc(c23)C1=O. The molecule has 0 saturated carbocycles. The van der Waals surface area contributed by atoms with Crippen LogP contribution in [0, 0.1) is 6.92 Å². The van der Waals surface area contributed by atoms with Crippen molar-refractivity contribution in [2.45, 2.75) is 44.4 Å². The van der Waals surface area contributed by atoms with E-state index in [4.69, 9.17) is 0 Å². The quantitative estimate of drug-likeness (QED) is 0.298. The molecule has 0 aromatic heterocycles. The van der Waals surface area contributed by atoms with Crippen LogP contribution in [-0.2, 0) is 10.0 Å². The van der Waals surface area contributed by atoms with Gasteiger partial charge in [-0.2, -0.15) is 0 Å². The predicted octanol–water partition coefficient (Wildman–Crippen LogP) is 4.71.